The molecule has 3 heterocycles. The molecular formula is C13H11N3S. The zero-order valence-corrected chi connectivity index (χ0v) is 10.1. The number of fused-ring (bicyclic) bond motifs is 1. The van der Waals surface area contributed by atoms with Crippen LogP contribution in [-0.2, 0) is 13.0 Å². The van der Waals surface area contributed by atoms with Gasteiger partial charge in [0, 0.05) is 29.9 Å². The van der Waals surface area contributed by atoms with Gasteiger partial charge in [-0.1, -0.05) is 0 Å². The number of pyridine rings is 1. The van der Waals surface area contributed by atoms with Crippen molar-refractivity contribution in [2.45, 2.75) is 13.0 Å². The second-order valence-electron chi connectivity index (χ2n) is 4.05. The van der Waals surface area contributed by atoms with Crippen molar-refractivity contribution < 1.29 is 0 Å². The molecule has 3 rings (SSSR count). The zero-order chi connectivity index (χ0) is 11.7. The van der Waals surface area contributed by atoms with E-state index in [0.717, 1.165) is 25.2 Å². The summed E-state index contributed by atoms with van der Waals surface area (Å²) in [5.41, 5.74) is 2.99. The van der Waals surface area contributed by atoms with Gasteiger partial charge in [0.05, 0.1) is 0 Å². The molecule has 0 radical (unpaired) electrons. The molecule has 1 aliphatic heterocycles. The van der Waals surface area contributed by atoms with Gasteiger partial charge in [-0.15, -0.1) is 11.3 Å². The number of nitriles is 1. The Morgan fingerprint density at radius 3 is 3.24 bits per heavy atom. The fraction of sp³-hybridized carbons (Fsp3) is 0.231. The minimum absolute atomic E-state index is 0.485. The summed E-state index contributed by atoms with van der Waals surface area (Å²) in [6, 6.07) is 8.11. The molecule has 3 nitrogen and oxygen atoms in total. The van der Waals surface area contributed by atoms with E-state index in [-0.39, 0.29) is 0 Å². The number of rotatable bonds is 1. The van der Waals surface area contributed by atoms with Crippen molar-refractivity contribution >= 4 is 17.0 Å². The lowest BCUT2D eigenvalue weighted by atomic mass is 10.1. The van der Waals surface area contributed by atoms with Gasteiger partial charge in [-0.05, 0) is 35.6 Å². The summed E-state index contributed by atoms with van der Waals surface area (Å²) in [4.78, 5) is 7.80. The summed E-state index contributed by atoms with van der Waals surface area (Å²) in [6.07, 6.45) is 2.80. The topological polar surface area (TPSA) is 39.9 Å². The van der Waals surface area contributed by atoms with E-state index in [1.54, 1.807) is 6.20 Å². The molecule has 2 aromatic heterocycles. The molecule has 0 aromatic carbocycles. The molecular weight excluding hydrogens is 230 g/mol. The number of anilines is 1. The minimum atomic E-state index is 0.485. The Morgan fingerprint density at radius 1 is 1.41 bits per heavy atom. The van der Waals surface area contributed by atoms with Crippen molar-refractivity contribution in [1.29, 1.82) is 5.26 Å². The van der Waals surface area contributed by atoms with E-state index < -0.39 is 0 Å². The third-order valence-corrected chi connectivity index (χ3v) is 4.05. The molecule has 0 bridgehead atoms. The van der Waals surface area contributed by atoms with E-state index in [9.17, 15) is 0 Å². The van der Waals surface area contributed by atoms with Gasteiger partial charge in [0.25, 0.3) is 0 Å². The summed E-state index contributed by atoms with van der Waals surface area (Å²) < 4.78 is 0. The molecule has 0 fully saturated rings. The summed E-state index contributed by atoms with van der Waals surface area (Å²) in [5, 5.41) is 11.0. The smallest absolute Gasteiger partial charge is 0.142 e. The number of hydrogen-bond donors (Lipinski definition) is 0. The molecule has 0 atom stereocenters. The number of aromatic nitrogens is 1. The fourth-order valence-corrected chi connectivity index (χ4v) is 3.04. The lowest BCUT2D eigenvalue weighted by Gasteiger charge is -2.28. The van der Waals surface area contributed by atoms with Crippen LogP contribution in [0.2, 0.25) is 0 Å². The highest BCUT2D eigenvalue weighted by Gasteiger charge is 2.17. The van der Waals surface area contributed by atoms with Crippen LogP contribution in [0.25, 0.3) is 0 Å². The van der Waals surface area contributed by atoms with Crippen LogP contribution in [0.3, 0.4) is 0 Å². The molecule has 0 N–H and O–H groups in total. The molecule has 0 spiro atoms. The lowest BCUT2D eigenvalue weighted by Crippen LogP contribution is -2.29. The third-order valence-electron chi connectivity index (χ3n) is 3.03. The number of thiophene rings is 1. The minimum Gasteiger partial charge on any atom is -0.367 e. The monoisotopic (exact) mass is 241 g/mol. The van der Waals surface area contributed by atoms with Gasteiger partial charge in [-0.25, -0.2) is 4.98 Å². The Morgan fingerprint density at radius 2 is 2.35 bits per heavy atom. The zero-order valence-electron chi connectivity index (χ0n) is 9.26. The molecule has 0 unspecified atom stereocenters. The fourth-order valence-electron chi connectivity index (χ4n) is 2.15. The maximum atomic E-state index is 8.86. The van der Waals surface area contributed by atoms with Crippen molar-refractivity contribution in [3.8, 4) is 6.07 Å². The highest BCUT2D eigenvalue weighted by atomic mass is 32.1. The van der Waals surface area contributed by atoms with Crippen LogP contribution in [0.1, 0.15) is 16.1 Å². The van der Waals surface area contributed by atoms with E-state index in [2.05, 4.69) is 27.4 Å². The van der Waals surface area contributed by atoms with E-state index in [1.807, 2.05) is 23.5 Å². The first-order chi connectivity index (χ1) is 8.36. The van der Waals surface area contributed by atoms with Crippen LogP contribution < -0.4 is 4.90 Å². The first-order valence-electron chi connectivity index (χ1n) is 5.53. The Hall–Kier alpha value is -1.86. The van der Waals surface area contributed by atoms with Crippen molar-refractivity contribution in [1.82, 2.24) is 4.98 Å². The van der Waals surface area contributed by atoms with Crippen molar-refractivity contribution in [2.24, 2.45) is 0 Å². The highest BCUT2D eigenvalue weighted by molar-refractivity contribution is 7.10. The van der Waals surface area contributed by atoms with Gasteiger partial charge in [-0.3, -0.25) is 0 Å². The molecule has 4 heteroatoms. The Balaban J connectivity index is 1.89. The molecule has 0 aliphatic carbocycles. The van der Waals surface area contributed by atoms with Crippen LogP contribution in [0.5, 0.6) is 0 Å². The van der Waals surface area contributed by atoms with Crippen LogP contribution in [0.4, 0.5) is 5.69 Å². The Labute approximate surface area is 104 Å². The average molecular weight is 241 g/mol. The number of hydrogen-bond acceptors (Lipinski definition) is 4. The SMILES string of the molecule is N#Cc1cc(N2CCc3sccc3C2)ccn1. The Bertz CT molecular complexity index is 582. The molecule has 1 aliphatic rings. The van der Waals surface area contributed by atoms with Gasteiger partial charge < -0.3 is 4.90 Å². The third kappa shape index (κ3) is 1.90. The second kappa shape index (κ2) is 4.19. The van der Waals surface area contributed by atoms with Crippen LogP contribution >= 0.6 is 11.3 Å². The molecule has 84 valence electrons. The summed E-state index contributed by atoms with van der Waals surface area (Å²) >= 11 is 1.84. The second-order valence-corrected chi connectivity index (χ2v) is 5.05. The molecule has 0 saturated carbocycles. The molecule has 2 aromatic rings. The van der Waals surface area contributed by atoms with E-state index in [0.29, 0.717) is 5.69 Å². The molecule has 0 amide bonds. The van der Waals surface area contributed by atoms with Crippen molar-refractivity contribution in [3.63, 3.8) is 0 Å². The summed E-state index contributed by atoms with van der Waals surface area (Å²) in [5.74, 6) is 0. The highest BCUT2D eigenvalue weighted by Crippen LogP contribution is 2.27. The van der Waals surface area contributed by atoms with Gasteiger partial charge in [0.15, 0.2) is 0 Å². The van der Waals surface area contributed by atoms with Crippen LogP contribution in [0, 0.1) is 11.3 Å². The quantitative estimate of drug-likeness (QED) is 0.770. The predicted molar refractivity (Wildman–Crippen MR) is 68.0 cm³/mol. The lowest BCUT2D eigenvalue weighted by molar-refractivity contribution is 0.743. The van der Waals surface area contributed by atoms with Crippen LogP contribution in [-0.4, -0.2) is 11.5 Å². The predicted octanol–water partition coefficient (Wildman–Crippen LogP) is 2.58. The van der Waals surface area contributed by atoms with Gasteiger partial charge in [0.2, 0.25) is 0 Å². The number of nitrogens with zero attached hydrogens (tertiary/aromatic N) is 3. The Kier molecular flexibility index (Phi) is 2.54. The summed E-state index contributed by atoms with van der Waals surface area (Å²) in [6.45, 7) is 1.95. The largest absolute Gasteiger partial charge is 0.367 e. The summed E-state index contributed by atoms with van der Waals surface area (Å²) in [7, 11) is 0. The maximum absolute atomic E-state index is 8.86. The van der Waals surface area contributed by atoms with Crippen molar-refractivity contribution in [3.05, 3.63) is 45.9 Å². The van der Waals surface area contributed by atoms with E-state index >= 15 is 0 Å². The molecule has 17 heavy (non-hydrogen) atoms. The van der Waals surface area contributed by atoms with Gasteiger partial charge >= 0.3 is 0 Å². The van der Waals surface area contributed by atoms with E-state index in [1.165, 1.54) is 10.4 Å². The van der Waals surface area contributed by atoms with Crippen LogP contribution in [0.15, 0.2) is 29.8 Å². The maximum Gasteiger partial charge on any atom is 0.142 e. The van der Waals surface area contributed by atoms with E-state index in [4.69, 9.17) is 5.26 Å². The average Bonchev–Trinajstić information content (AvgIpc) is 2.86. The standard InChI is InChI=1S/C13H11N3S/c14-8-11-7-12(1-4-15-11)16-5-2-13-10(9-16)3-6-17-13/h1,3-4,6-7H,2,5,9H2. The first-order valence-corrected chi connectivity index (χ1v) is 6.41. The normalized spacial score (nSPS) is 14.2. The van der Waals surface area contributed by atoms with Crippen molar-refractivity contribution in [2.75, 3.05) is 11.4 Å². The van der Waals surface area contributed by atoms with Gasteiger partial charge in [-0.2, -0.15) is 5.26 Å². The van der Waals surface area contributed by atoms with Gasteiger partial charge in [0.1, 0.15) is 11.8 Å². The molecule has 0 saturated heterocycles. The first kappa shape index (κ1) is 10.3.